The molecule has 0 bridgehead atoms. The lowest BCUT2D eigenvalue weighted by Gasteiger charge is -2.13. The molecule has 0 aliphatic carbocycles. The first kappa shape index (κ1) is 25.3. The maximum absolute atomic E-state index is 12.8. The van der Waals surface area contributed by atoms with Crippen LogP contribution < -0.4 is 4.74 Å². The summed E-state index contributed by atoms with van der Waals surface area (Å²) in [5, 5.41) is 29.4. The second-order valence-corrected chi connectivity index (χ2v) is 6.40. The van der Waals surface area contributed by atoms with Crippen molar-refractivity contribution in [1.29, 1.82) is 0 Å². The third-order valence-electron chi connectivity index (χ3n) is 3.93. The van der Waals surface area contributed by atoms with Crippen molar-refractivity contribution in [3.63, 3.8) is 0 Å². The maximum Gasteiger partial charge on any atom is 0.305 e. The molecule has 6 nitrogen and oxygen atoms in total. The van der Waals surface area contributed by atoms with Gasteiger partial charge in [0, 0.05) is 6.42 Å². The summed E-state index contributed by atoms with van der Waals surface area (Å²) in [4.78, 5) is 11.0. The van der Waals surface area contributed by atoms with Gasteiger partial charge in [-0.05, 0) is 37.1 Å². The van der Waals surface area contributed by atoms with Gasteiger partial charge < -0.3 is 24.8 Å². The van der Waals surface area contributed by atoms with Crippen molar-refractivity contribution >= 4 is 5.97 Å². The highest BCUT2D eigenvalue weighted by molar-refractivity contribution is 5.68. The Morgan fingerprint density at radius 3 is 2.23 bits per heavy atom. The molecule has 7 heteroatoms. The summed E-state index contributed by atoms with van der Waals surface area (Å²) in [7, 11) is 1.31. The van der Waals surface area contributed by atoms with Crippen LogP contribution in [-0.4, -0.2) is 53.3 Å². The predicted octanol–water partition coefficient (Wildman–Crippen LogP) is 2.86. The van der Waals surface area contributed by atoms with Gasteiger partial charge in [0.25, 0.3) is 0 Å². The van der Waals surface area contributed by atoms with Crippen LogP contribution in [0.4, 0.5) is 4.39 Å². The normalized spacial score (nSPS) is 15.2. The number of methoxy groups -OCH3 is 1. The fourth-order valence-electron chi connectivity index (χ4n) is 2.25. The monoisotopic (exact) mass is 420 g/mol. The average molecular weight is 420 g/mol. The van der Waals surface area contributed by atoms with Crippen LogP contribution in [0.25, 0.3) is 0 Å². The molecule has 0 amide bonds. The summed E-state index contributed by atoms with van der Waals surface area (Å²) in [6, 6.07) is 5.54. The zero-order chi connectivity index (χ0) is 22.2. The first-order valence-electron chi connectivity index (χ1n) is 9.60. The summed E-state index contributed by atoms with van der Waals surface area (Å²) in [6.07, 6.45) is 11.3. The number of carbonyl (C=O) groups is 1. The Morgan fingerprint density at radius 1 is 1.00 bits per heavy atom. The lowest BCUT2D eigenvalue weighted by molar-refractivity contribution is -0.140. The van der Waals surface area contributed by atoms with Gasteiger partial charge in [0.15, 0.2) is 0 Å². The number of aliphatic hydroxyl groups is 3. The molecule has 0 spiro atoms. The van der Waals surface area contributed by atoms with E-state index in [0.717, 1.165) is 0 Å². The lowest BCUT2D eigenvalue weighted by Crippen LogP contribution is -2.23. The van der Waals surface area contributed by atoms with Gasteiger partial charge in [-0.3, -0.25) is 4.79 Å². The van der Waals surface area contributed by atoms with Gasteiger partial charge in [-0.2, -0.15) is 0 Å². The van der Waals surface area contributed by atoms with Crippen LogP contribution in [-0.2, 0) is 9.53 Å². The van der Waals surface area contributed by atoms with Crippen LogP contribution in [0.2, 0.25) is 0 Å². The van der Waals surface area contributed by atoms with Crippen molar-refractivity contribution in [1.82, 2.24) is 0 Å². The average Bonchev–Trinajstić information content (AvgIpc) is 2.74. The number of hydrogen-bond acceptors (Lipinski definition) is 6. The molecule has 0 aliphatic rings. The standard InChI is InChI=1S/C23H29FO6/c1-29-23(28)12-8-11-22(27)21(26)10-7-5-3-2-4-6-9-19(25)17-30-20-15-13-18(24)14-16-20/h2-7,9-10,13-16,19,21-22,25-27H,8,11-12,17H2,1H3. The first-order chi connectivity index (χ1) is 14.4. The highest BCUT2D eigenvalue weighted by atomic mass is 19.1. The van der Waals surface area contributed by atoms with Gasteiger partial charge in [0.1, 0.15) is 24.3 Å². The SMILES string of the molecule is COC(=O)CCCC(O)C(O)C=CC=CC=CC=CC(O)COc1ccc(F)cc1. The molecule has 3 unspecified atom stereocenters. The van der Waals surface area contributed by atoms with Crippen molar-refractivity contribution in [3.8, 4) is 5.75 Å². The quantitative estimate of drug-likeness (QED) is 0.335. The van der Waals surface area contributed by atoms with E-state index >= 15 is 0 Å². The summed E-state index contributed by atoms with van der Waals surface area (Å²) >= 11 is 0. The number of carbonyl (C=O) groups excluding carboxylic acids is 1. The Morgan fingerprint density at radius 2 is 1.60 bits per heavy atom. The Bertz CT molecular complexity index is 724. The first-order valence-corrected chi connectivity index (χ1v) is 9.60. The summed E-state index contributed by atoms with van der Waals surface area (Å²) in [5.41, 5.74) is 0. The minimum atomic E-state index is -1.02. The largest absolute Gasteiger partial charge is 0.491 e. The van der Waals surface area contributed by atoms with E-state index in [4.69, 9.17) is 4.74 Å². The molecule has 1 aromatic carbocycles. The number of hydrogen-bond donors (Lipinski definition) is 3. The van der Waals surface area contributed by atoms with Gasteiger partial charge >= 0.3 is 5.97 Å². The number of benzene rings is 1. The lowest BCUT2D eigenvalue weighted by atomic mass is 10.1. The van der Waals surface area contributed by atoms with Gasteiger partial charge in [-0.15, -0.1) is 0 Å². The molecule has 0 aliphatic heterocycles. The molecule has 0 aromatic heterocycles. The highest BCUT2D eigenvalue weighted by Gasteiger charge is 2.13. The minimum Gasteiger partial charge on any atom is -0.491 e. The van der Waals surface area contributed by atoms with E-state index in [-0.39, 0.29) is 24.8 Å². The fourth-order valence-corrected chi connectivity index (χ4v) is 2.25. The maximum atomic E-state index is 12.8. The minimum absolute atomic E-state index is 0.0500. The van der Waals surface area contributed by atoms with E-state index in [1.54, 1.807) is 42.5 Å². The molecule has 3 N–H and O–H groups in total. The molecule has 3 atom stereocenters. The summed E-state index contributed by atoms with van der Waals surface area (Å²) in [6.45, 7) is 0.0500. The Hall–Kier alpha value is -2.74. The topological polar surface area (TPSA) is 96.2 Å². The predicted molar refractivity (Wildman–Crippen MR) is 112 cm³/mol. The number of ether oxygens (including phenoxy) is 2. The van der Waals surface area contributed by atoms with Crippen LogP contribution in [0, 0.1) is 5.82 Å². The highest BCUT2D eigenvalue weighted by Crippen LogP contribution is 2.11. The molecule has 0 fully saturated rings. The van der Waals surface area contributed by atoms with E-state index in [9.17, 15) is 24.5 Å². The summed E-state index contributed by atoms with van der Waals surface area (Å²) < 4.78 is 22.6. The van der Waals surface area contributed by atoms with Crippen molar-refractivity contribution in [3.05, 3.63) is 78.7 Å². The van der Waals surface area contributed by atoms with Gasteiger partial charge in [-0.1, -0.05) is 48.6 Å². The Labute approximate surface area is 176 Å². The zero-order valence-electron chi connectivity index (χ0n) is 16.9. The van der Waals surface area contributed by atoms with E-state index in [1.165, 1.54) is 37.5 Å². The zero-order valence-corrected chi connectivity index (χ0v) is 16.9. The molecular formula is C23H29FO6. The molecule has 30 heavy (non-hydrogen) atoms. The molecule has 164 valence electrons. The molecule has 1 aromatic rings. The van der Waals surface area contributed by atoms with Crippen LogP contribution in [0.5, 0.6) is 5.75 Å². The molecule has 1 rings (SSSR count). The van der Waals surface area contributed by atoms with Gasteiger partial charge in [0.05, 0.1) is 19.3 Å². The van der Waals surface area contributed by atoms with Gasteiger partial charge in [-0.25, -0.2) is 4.39 Å². The Kier molecular flexibility index (Phi) is 12.8. The van der Waals surface area contributed by atoms with Crippen molar-refractivity contribution in [2.75, 3.05) is 13.7 Å². The number of halogens is 1. The summed E-state index contributed by atoms with van der Waals surface area (Å²) in [5.74, 6) is -0.217. The fraction of sp³-hybridized carbons (Fsp3) is 0.348. The molecule has 0 saturated heterocycles. The van der Waals surface area contributed by atoms with Gasteiger partial charge in [0.2, 0.25) is 0 Å². The third kappa shape index (κ3) is 12.0. The van der Waals surface area contributed by atoms with E-state index in [2.05, 4.69) is 4.74 Å². The molecule has 0 saturated carbocycles. The Balaban J connectivity index is 2.23. The van der Waals surface area contributed by atoms with Crippen LogP contribution >= 0.6 is 0 Å². The molecule has 0 radical (unpaired) electrons. The van der Waals surface area contributed by atoms with E-state index in [1.807, 2.05) is 0 Å². The molecular weight excluding hydrogens is 391 g/mol. The number of esters is 1. The van der Waals surface area contributed by atoms with Crippen molar-refractivity contribution < 1.29 is 34.0 Å². The van der Waals surface area contributed by atoms with Crippen molar-refractivity contribution in [2.45, 2.75) is 37.6 Å². The van der Waals surface area contributed by atoms with Crippen LogP contribution in [0.3, 0.4) is 0 Å². The van der Waals surface area contributed by atoms with E-state index in [0.29, 0.717) is 18.6 Å². The number of rotatable bonds is 13. The molecule has 0 heterocycles. The smallest absolute Gasteiger partial charge is 0.305 e. The second-order valence-electron chi connectivity index (χ2n) is 6.40. The van der Waals surface area contributed by atoms with Crippen molar-refractivity contribution in [2.24, 2.45) is 0 Å². The second kappa shape index (κ2) is 15.1. The van der Waals surface area contributed by atoms with E-state index < -0.39 is 18.3 Å². The van der Waals surface area contributed by atoms with Crippen LogP contribution in [0.15, 0.2) is 72.9 Å². The number of aliphatic hydroxyl groups excluding tert-OH is 3. The number of allylic oxidation sites excluding steroid dienone is 6. The van der Waals surface area contributed by atoms with Crippen LogP contribution in [0.1, 0.15) is 19.3 Å². The third-order valence-corrected chi connectivity index (χ3v) is 3.93.